The van der Waals surface area contributed by atoms with E-state index in [4.69, 9.17) is 16.1 Å². The number of phenolic OH excluding ortho intramolecular Hbond substituents is 1. The third kappa shape index (κ3) is 41.3. The minimum Gasteiger partial charge on any atom is -0.508 e. The Hall–Kier alpha value is -11.4. The monoisotopic (exact) mass is 2060 g/mol. The third-order valence-electron chi connectivity index (χ3n) is 26.2. The molecule has 3 N–H and O–H groups in total. The van der Waals surface area contributed by atoms with Crippen LogP contribution in [0.4, 0.5) is 63.6 Å². The third-order valence-corrected chi connectivity index (χ3v) is 26.5. The van der Waals surface area contributed by atoms with E-state index < -0.39 is 35.4 Å². The van der Waals surface area contributed by atoms with Crippen molar-refractivity contribution >= 4 is 63.7 Å². The molecule has 1 atom stereocenters. The first-order chi connectivity index (χ1) is 69.3. The Morgan fingerprint density at radius 2 is 1.02 bits per heavy atom. The smallest absolute Gasteiger partial charge is 0.416 e. The fourth-order valence-corrected chi connectivity index (χ4v) is 19.7. The fraction of sp³-hybridized carbons (Fsp3) is 0.500. The number of para-hydroxylation sites is 3. The topological polar surface area (TPSA) is 195 Å². The Kier molecular flexibility index (Phi) is 49.3. The number of aryl methyl sites for hydroxylation is 1. The number of phenols is 1. The van der Waals surface area contributed by atoms with Crippen LogP contribution in [-0.4, -0.2) is 140 Å². The highest BCUT2D eigenvalue weighted by molar-refractivity contribution is 6.33. The number of carbonyl (C=O) groups is 4. The first kappa shape index (κ1) is 123. The fourth-order valence-electron chi connectivity index (χ4n) is 19.5. The lowest BCUT2D eigenvalue weighted by Gasteiger charge is -2.58. The molecule has 5 fully saturated rings. The molecule has 0 spiro atoms. The molecule has 2 heterocycles. The van der Waals surface area contributed by atoms with Gasteiger partial charge in [-0.15, -0.1) is 0 Å². The van der Waals surface area contributed by atoms with E-state index in [2.05, 4.69) is 222 Å². The molecule has 1 saturated heterocycles. The number of ether oxygens (including phenoxy) is 3. The van der Waals surface area contributed by atoms with Gasteiger partial charge in [0, 0.05) is 123 Å². The van der Waals surface area contributed by atoms with Crippen molar-refractivity contribution in [1.82, 2.24) is 19.9 Å². The molecule has 4 aliphatic carbocycles. The number of esters is 3. The predicted molar refractivity (Wildman–Crippen MR) is 582 cm³/mol. The Morgan fingerprint density at radius 1 is 0.517 bits per heavy atom. The Balaban J connectivity index is 0.000000229. The molecule has 9 aromatic carbocycles. The van der Waals surface area contributed by atoms with Gasteiger partial charge in [0.15, 0.2) is 5.82 Å². The average molecular weight is 2060 g/mol. The summed E-state index contributed by atoms with van der Waals surface area (Å²) in [6.45, 7) is 46.7. The van der Waals surface area contributed by atoms with Crippen LogP contribution in [0.1, 0.15) is 289 Å². The van der Waals surface area contributed by atoms with Crippen LogP contribution in [0.3, 0.4) is 0 Å². The number of nitrogens with one attached hydrogen (secondary N) is 2. The minimum absolute atomic E-state index is 0.000748. The molecular weight excluding hydrogens is 1900 g/mol. The number of carbonyl (C=O) groups excluding carboxylic acids is 4. The van der Waals surface area contributed by atoms with Crippen LogP contribution in [0.25, 0.3) is 0 Å². The molecule has 15 rings (SSSR count). The maximum atomic E-state index is 13.4. The molecular formula is C120H162ClF8N9O9. The molecule has 27 heteroatoms. The number of ketones is 1. The number of benzene rings is 9. The van der Waals surface area contributed by atoms with Crippen molar-refractivity contribution in [2.24, 2.45) is 40.9 Å². The van der Waals surface area contributed by atoms with E-state index in [9.17, 15) is 59.4 Å². The molecule has 18 nitrogen and oxygen atoms in total. The molecule has 804 valence electrons. The number of aromatic hydroxyl groups is 1. The van der Waals surface area contributed by atoms with E-state index in [0.717, 1.165) is 147 Å². The van der Waals surface area contributed by atoms with Crippen LogP contribution in [0, 0.1) is 40.9 Å². The van der Waals surface area contributed by atoms with Crippen LogP contribution in [-0.2, 0) is 82.5 Å². The second-order valence-corrected chi connectivity index (χ2v) is 42.5. The lowest BCUT2D eigenvalue weighted by molar-refractivity contribution is -0.138. The van der Waals surface area contributed by atoms with Gasteiger partial charge in [-0.05, 0) is 327 Å². The number of alkyl halides is 8. The molecule has 1 aliphatic heterocycles. The predicted octanol–water partition coefficient (Wildman–Crippen LogP) is 30.0. The van der Waals surface area contributed by atoms with Crippen LogP contribution in [0.2, 0.25) is 5.02 Å². The molecule has 0 amide bonds. The van der Waals surface area contributed by atoms with E-state index in [-0.39, 0.29) is 53.3 Å². The molecule has 0 radical (unpaired) electrons. The van der Waals surface area contributed by atoms with Crippen molar-refractivity contribution in [3.8, 4) is 5.75 Å². The zero-order valence-electron chi connectivity index (χ0n) is 91.0. The Labute approximate surface area is 875 Å². The number of hydrogen-bond acceptors (Lipinski definition) is 18. The number of rotatable bonds is 34. The summed E-state index contributed by atoms with van der Waals surface area (Å²) in [5.74, 6) is 2.17. The van der Waals surface area contributed by atoms with Crippen LogP contribution in [0.15, 0.2) is 217 Å². The number of Topliss-reactive ketones (excluding diaryl/α,β-unsaturated/α-hetero) is 1. The lowest BCUT2D eigenvalue weighted by Crippen LogP contribution is -2.51. The van der Waals surface area contributed by atoms with Gasteiger partial charge < -0.3 is 54.1 Å². The highest BCUT2D eigenvalue weighted by atomic mass is 35.5. The van der Waals surface area contributed by atoms with E-state index in [1.807, 2.05) is 109 Å². The largest absolute Gasteiger partial charge is 0.508 e. The highest BCUT2D eigenvalue weighted by Gasteiger charge is 2.51. The van der Waals surface area contributed by atoms with Gasteiger partial charge in [0.05, 0.1) is 72.1 Å². The van der Waals surface area contributed by atoms with Gasteiger partial charge in [0.2, 0.25) is 5.89 Å². The van der Waals surface area contributed by atoms with Crippen molar-refractivity contribution in [3.63, 3.8) is 0 Å². The van der Waals surface area contributed by atoms with Crippen LogP contribution >= 0.6 is 11.6 Å². The number of hydrogen-bond donors (Lipinski definition) is 3. The van der Waals surface area contributed by atoms with Crippen LogP contribution in [0.5, 0.6) is 5.75 Å². The normalized spacial score (nSPS) is 15.8. The SMILES string of the molecule is CC(=O)Cc1ccc(C(F)(F)F)cc1NC(C)C.CC(C)N(C)CC12CC3CC(CC(C3)C1)C2.CC(C)N(Cc1ccccc1O)C(C)c1ccccc1.CC(C)Nc1cc(C(C)(F)F)ccc1N1CCCC1.CCc1noc(CN(CCN(c2ccccc2)C(C)C)c2ccccc2)n1.COC(=O)c1cc(CC(C)C)cc(C(F)(F)F)c1.COC(=O)c1cc(CC(C)C)ccc1Cl.COC(=O)c1cccc(CC(C)C)c1. The number of nitrogens with zero attached hydrogens (tertiary/aromatic N) is 7. The van der Waals surface area contributed by atoms with Crippen molar-refractivity contribution in [2.45, 2.75) is 290 Å². The Bertz CT molecular complexity index is 5590. The first-order valence-corrected chi connectivity index (χ1v) is 52.2. The van der Waals surface area contributed by atoms with E-state index in [1.54, 1.807) is 74.9 Å². The van der Waals surface area contributed by atoms with Gasteiger partial charge in [-0.2, -0.15) is 31.3 Å². The molecule has 4 bridgehead atoms. The van der Waals surface area contributed by atoms with E-state index in [0.29, 0.717) is 93.6 Å². The maximum Gasteiger partial charge on any atom is 0.416 e. The number of halogens is 9. The summed E-state index contributed by atoms with van der Waals surface area (Å²) in [5.41, 5.74) is 10.5. The zero-order valence-corrected chi connectivity index (χ0v) is 91.8. The van der Waals surface area contributed by atoms with Crippen molar-refractivity contribution in [3.05, 3.63) is 296 Å². The first-order valence-electron chi connectivity index (χ1n) is 51.9. The van der Waals surface area contributed by atoms with E-state index >= 15 is 0 Å². The van der Waals surface area contributed by atoms with Gasteiger partial charge in [-0.3, -0.25) is 9.69 Å². The second kappa shape index (κ2) is 59.1. The number of aromatic nitrogens is 2. The standard InChI is InChI=1S/C22H28N4O.C18H23NO.C15H22F2N2.C15H27N.C13H16F3NO.C13H15F3O2.C12H15ClO2.C12H16O2/c1-4-21-23-22(27-24-21)17-25(19-11-7-5-8-12-19)15-16-26(18(2)3)20-13-9-6-10-14-20;1-14(2)19(13-17-11-7-8-12-18(17)20)15(3)16-9-5-4-6-10-16;1-11(2)18-13-10-12(15(3,16)17)6-7-14(13)19-8-4-5-9-19;1-11(2)16(3)10-15-7-12-4-13(8-15)6-14(5-12)9-15;1-8(2)17-12-7-11(13(14,15)16)5-4-10(12)6-9(3)18;1-8(2)4-9-5-10(12(17)18-3)7-11(6-9)13(14,15)16;1-8(2)6-9-4-5-11(13)10(7-9)12(14)15-3;1-9(2)7-10-5-4-6-11(8-10)12(13)14-3/h5-14,18H,4,15-17H2,1-3H3;4-12,14-15,20H,13H2,1-3H3;6-7,10-11,18H,4-5,8-9H2,1-3H3;11-14H,4-10H2,1-3H3;4-5,7-8,17H,6H2,1-3H3;5-8H,4H2,1-3H3;4-5,7-8H,6H2,1-3H3;4-6,8-9H,7H2,1-3H3. The van der Waals surface area contributed by atoms with Crippen molar-refractivity contribution < 1.29 is 78.1 Å². The van der Waals surface area contributed by atoms with Gasteiger partial charge in [-0.25, -0.2) is 23.2 Å². The molecule has 4 saturated carbocycles. The molecule has 5 aliphatic rings. The zero-order chi connectivity index (χ0) is 109. The van der Waals surface area contributed by atoms with Crippen molar-refractivity contribution in [2.75, 3.05) is 86.4 Å². The molecule has 147 heavy (non-hydrogen) atoms. The summed E-state index contributed by atoms with van der Waals surface area (Å²) >= 11 is 5.91. The van der Waals surface area contributed by atoms with Crippen molar-refractivity contribution in [1.29, 1.82) is 0 Å². The lowest BCUT2D eigenvalue weighted by atomic mass is 9.49. The summed E-state index contributed by atoms with van der Waals surface area (Å²) in [5, 5.41) is 20.7. The summed E-state index contributed by atoms with van der Waals surface area (Å²) < 4.78 is 122. The van der Waals surface area contributed by atoms with Gasteiger partial charge in [0.1, 0.15) is 11.5 Å². The molecule has 10 aromatic rings. The summed E-state index contributed by atoms with van der Waals surface area (Å²) in [7, 11) is 6.22. The second-order valence-electron chi connectivity index (χ2n) is 42.1. The number of methoxy groups -OCH3 is 3. The van der Waals surface area contributed by atoms with E-state index in [1.165, 1.54) is 69.5 Å². The summed E-state index contributed by atoms with van der Waals surface area (Å²) in [6.07, 6.45) is 6.21. The Morgan fingerprint density at radius 3 is 1.52 bits per heavy atom. The summed E-state index contributed by atoms with van der Waals surface area (Å²) in [4.78, 5) is 61.5. The molecule has 1 aromatic heterocycles. The molecule has 1 unspecified atom stereocenters. The van der Waals surface area contributed by atoms with Gasteiger partial charge in [-0.1, -0.05) is 180 Å². The maximum absolute atomic E-state index is 13.4. The van der Waals surface area contributed by atoms with Gasteiger partial charge >= 0.3 is 30.3 Å². The quantitative estimate of drug-likeness (QED) is 0.0195. The number of anilines is 5. The van der Waals surface area contributed by atoms with Crippen LogP contribution < -0.4 is 25.3 Å². The summed E-state index contributed by atoms with van der Waals surface area (Å²) in [6, 6.07) is 65.9. The highest BCUT2D eigenvalue weighted by Crippen LogP contribution is 2.60. The average Bonchev–Trinajstić information content (AvgIpc) is 0.796. The minimum atomic E-state index is -4.46. The van der Waals surface area contributed by atoms with Gasteiger partial charge in [0.25, 0.3) is 5.92 Å².